The predicted molar refractivity (Wildman–Crippen MR) is 150 cm³/mol. The van der Waals surface area contributed by atoms with Crippen LogP contribution in [0.15, 0.2) is 82.4 Å². The minimum Gasteiger partial charge on any atom is -0.411 e. The van der Waals surface area contributed by atoms with Crippen LogP contribution >= 0.6 is 23.4 Å². The number of aromatic nitrogens is 2. The number of anilines is 2. The second-order valence-electron chi connectivity index (χ2n) is 8.91. The van der Waals surface area contributed by atoms with Gasteiger partial charge in [0.05, 0.1) is 5.75 Å². The lowest BCUT2D eigenvalue weighted by molar-refractivity contribution is -0.113. The van der Waals surface area contributed by atoms with Gasteiger partial charge in [-0.05, 0) is 67.6 Å². The Morgan fingerprint density at radius 3 is 2.42 bits per heavy atom. The second kappa shape index (κ2) is 11.7. The number of hydrogen-bond donors (Lipinski definition) is 1. The molecule has 0 aliphatic carbocycles. The molecular weight excluding hydrogens is 522 g/mol. The quantitative estimate of drug-likeness (QED) is 0.310. The van der Waals surface area contributed by atoms with E-state index in [1.807, 2.05) is 60.4 Å². The summed E-state index contributed by atoms with van der Waals surface area (Å²) in [7, 11) is 0. The van der Waals surface area contributed by atoms with E-state index in [2.05, 4.69) is 20.4 Å². The summed E-state index contributed by atoms with van der Waals surface area (Å²) in [5, 5.41) is 11.9. The third-order valence-electron chi connectivity index (χ3n) is 6.17. The molecule has 1 aliphatic heterocycles. The number of carbonyl (C=O) groups is 2. The monoisotopic (exact) mass is 547 g/mol. The molecular formula is C28H26ClN5O3S. The van der Waals surface area contributed by atoms with E-state index in [0.717, 1.165) is 35.5 Å². The number of halogens is 1. The van der Waals surface area contributed by atoms with Gasteiger partial charge in [-0.1, -0.05) is 41.1 Å². The summed E-state index contributed by atoms with van der Waals surface area (Å²) in [6, 6.07) is 22.5. The average molecular weight is 548 g/mol. The highest BCUT2D eigenvalue weighted by Crippen LogP contribution is 2.25. The fourth-order valence-corrected chi connectivity index (χ4v) is 4.87. The Bertz CT molecular complexity index is 1420. The minimum atomic E-state index is -0.169. The Balaban J connectivity index is 1.09. The maximum absolute atomic E-state index is 12.8. The summed E-state index contributed by atoms with van der Waals surface area (Å²) < 4.78 is 5.63. The molecule has 5 rings (SSSR count). The normalized spacial score (nSPS) is 13.4. The van der Waals surface area contributed by atoms with Gasteiger partial charge in [0.2, 0.25) is 11.8 Å². The lowest BCUT2D eigenvalue weighted by Crippen LogP contribution is -2.48. The van der Waals surface area contributed by atoms with E-state index >= 15 is 0 Å². The zero-order chi connectivity index (χ0) is 26.5. The van der Waals surface area contributed by atoms with Crippen LogP contribution in [0.5, 0.6) is 0 Å². The van der Waals surface area contributed by atoms with Crippen molar-refractivity contribution in [2.24, 2.45) is 0 Å². The molecule has 0 radical (unpaired) electrons. The van der Waals surface area contributed by atoms with Crippen LogP contribution in [-0.4, -0.2) is 58.8 Å². The Kier molecular flexibility index (Phi) is 7.95. The van der Waals surface area contributed by atoms with Crippen molar-refractivity contribution in [2.45, 2.75) is 12.1 Å². The van der Waals surface area contributed by atoms with E-state index in [0.29, 0.717) is 34.9 Å². The van der Waals surface area contributed by atoms with Gasteiger partial charge >= 0.3 is 0 Å². The summed E-state index contributed by atoms with van der Waals surface area (Å²) >= 11 is 7.09. The van der Waals surface area contributed by atoms with Gasteiger partial charge < -0.3 is 19.5 Å². The van der Waals surface area contributed by atoms with E-state index in [4.69, 9.17) is 16.0 Å². The van der Waals surface area contributed by atoms with E-state index < -0.39 is 0 Å². The lowest BCUT2D eigenvalue weighted by atomic mass is 10.1. The van der Waals surface area contributed by atoms with Crippen LogP contribution < -0.4 is 10.2 Å². The smallest absolute Gasteiger partial charge is 0.277 e. The number of nitrogens with zero attached hydrogens (tertiary/aromatic N) is 4. The molecule has 38 heavy (non-hydrogen) atoms. The molecule has 1 fully saturated rings. The zero-order valence-corrected chi connectivity index (χ0v) is 22.3. The summed E-state index contributed by atoms with van der Waals surface area (Å²) in [5.41, 5.74) is 4.34. The van der Waals surface area contributed by atoms with Crippen LogP contribution in [0.25, 0.3) is 11.5 Å². The molecule has 8 nitrogen and oxygen atoms in total. The molecule has 3 aromatic carbocycles. The molecule has 0 atom stereocenters. The van der Waals surface area contributed by atoms with E-state index in [-0.39, 0.29) is 17.6 Å². The Labute approximate surface area is 230 Å². The Hall–Kier alpha value is -3.82. The highest BCUT2D eigenvalue weighted by atomic mass is 35.5. The number of piperazine rings is 1. The highest BCUT2D eigenvalue weighted by molar-refractivity contribution is 7.99. The molecule has 2 heterocycles. The van der Waals surface area contributed by atoms with E-state index in [9.17, 15) is 9.59 Å². The topological polar surface area (TPSA) is 91.6 Å². The maximum Gasteiger partial charge on any atom is 0.277 e. The molecule has 1 aromatic heterocycles. The van der Waals surface area contributed by atoms with Gasteiger partial charge in [0.25, 0.3) is 11.1 Å². The predicted octanol–water partition coefficient (Wildman–Crippen LogP) is 5.39. The van der Waals surface area contributed by atoms with Gasteiger partial charge in [-0.3, -0.25) is 9.59 Å². The van der Waals surface area contributed by atoms with Crippen molar-refractivity contribution < 1.29 is 14.0 Å². The first-order valence-electron chi connectivity index (χ1n) is 12.2. The molecule has 0 unspecified atom stereocenters. The van der Waals surface area contributed by atoms with Gasteiger partial charge in [-0.15, -0.1) is 10.2 Å². The lowest BCUT2D eigenvalue weighted by Gasteiger charge is -2.36. The van der Waals surface area contributed by atoms with Crippen LogP contribution in [0.2, 0.25) is 5.02 Å². The largest absolute Gasteiger partial charge is 0.411 e. The number of benzene rings is 3. The SMILES string of the molecule is Cc1cccc(C(=O)N2CCN(c3ccc(NC(=O)CSc4nnc(-c5ccc(Cl)cc5)o4)cc3)CC2)c1. The van der Waals surface area contributed by atoms with Crippen LogP contribution in [-0.2, 0) is 4.79 Å². The van der Waals surface area contributed by atoms with Crippen LogP contribution in [0, 0.1) is 6.92 Å². The number of thioether (sulfide) groups is 1. The van der Waals surface area contributed by atoms with Gasteiger partial charge in [0.1, 0.15) is 0 Å². The van der Waals surface area contributed by atoms with Crippen molar-refractivity contribution in [2.75, 3.05) is 42.1 Å². The molecule has 194 valence electrons. The molecule has 0 saturated carbocycles. The van der Waals surface area contributed by atoms with Gasteiger partial charge in [-0.25, -0.2) is 0 Å². The number of rotatable bonds is 7. The Morgan fingerprint density at radius 1 is 0.974 bits per heavy atom. The van der Waals surface area contributed by atoms with Crippen molar-refractivity contribution in [1.29, 1.82) is 0 Å². The van der Waals surface area contributed by atoms with Crippen LogP contribution in [0.3, 0.4) is 0 Å². The van der Waals surface area contributed by atoms with Crippen molar-refractivity contribution in [3.8, 4) is 11.5 Å². The average Bonchev–Trinajstić information content (AvgIpc) is 3.42. The number of hydrogen-bond acceptors (Lipinski definition) is 7. The highest BCUT2D eigenvalue weighted by Gasteiger charge is 2.22. The standard InChI is InChI=1S/C28H26ClN5O3S/c1-19-3-2-4-21(17-19)27(36)34-15-13-33(14-16-34)24-11-9-23(10-12-24)30-25(35)18-38-28-32-31-26(37-28)20-5-7-22(29)8-6-20/h2-12,17H,13-16,18H2,1H3,(H,30,35). The number of carbonyl (C=O) groups excluding carboxylic acids is 2. The Morgan fingerprint density at radius 2 is 1.71 bits per heavy atom. The summed E-state index contributed by atoms with van der Waals surface area (Å²) in [6.07, 6.45) is 0. The van der Waals surface area contributed by atoms with Crippen molar-refractivity contribution >= 4 is 46.6 Å². The van der Waals surface area contributed by atoms with Crippen LogP contribution in [0.1, 0.15) is 15.9 Å². The molecule has 10 heteroatoms. The van der Waals surface area contributed by atoms with Crippen molar-refractivity contribution in [3.05, 3.63) is 88.9 Å². The molecule has 2 amide bonds. The maximum atomic E-state index is 12.8. The van der Waals surface area contributed by atoms with Crippen LogP contribution in [0.4, 0.5) is 11.4 Å². The summed E-state index contributed by atoms with van der Waals surface area (Å²) in [4.78, 5) is 29.4. The number of aryl methyl sites for hydroxylation is 1. The van der Waals surface area contributed by atoms with E-state index in [1.165, 1.54) is 11.8 Å². The molecule has 1 aliphatic rings. The van der Waals surface area contributed by atoms with E-state index in [1.54, 1.807) is 24.3 Å². The fourth-order valence-electron chi connectivity index (χ4n) is 4.19. The molecule has 4 aromatic rings. The number of nitrogens with one attached hydrogen (secondary N) is 1. The van der Waals surface area contributed by atoms with Crippen molar-refractivity contribution in [3.63, 3.8) is 0 Å². The molecule has 1 saturated heterocycles. The second-order valence-corrected chi connectivity index (χ2v) is 10.3. The summed E-state index contributed by atoms with van der Waals surface area (Å²) in [5.74, 6) is 0.421. The summed E-state index contributed by atoms with van der Waals surface area (Å²) in [6.45, 7) is 4.83. The van der Waals surface area contributed by atoms with Gasteiger partial charge in [0, 0.05) is 53.7 Å². The first-order chi connectivity index (χ1) is 18.4. The van der Waals surface area contributed by atoms with Gasteiger partial charge in [0.15, 0.2) is 0 Å². The number of amides is 2. The van der Waals surface area contributed by atoms with Gasteiger partial charge in [-0.2, -0.15) is 0 Å². The zero-order valence-electron chi connectivity index (χ0n) is 20.8. The first kappa shape index (κ1) is 25.8. The fraction of sp³-hybridized carbons (Fsp3) is 0.214. The van der Waals surface area contributed by atoms with Crippen molar-refractivity contribution in [1.82, 2.24) is 15.1 Å². The minimum absolute atomic E-state index is 0.0750. The third kappa shape index (κ3) is 6.35. The molecule has 0 bridgehead atoms. The first-order valence-corrected chi connectivity index (χ1v) is 13.5. The molecule has 1 N–H and O–H groups in total. The molecule has 0 spiro atoms. The third-order valence-corrected chi connectivity index (χ3v) is 7.24.